The molecule has 26 heavy (non-hydrogen) atoms. The second-order valence-electron chi connectivity index (χ2n) is 7.47. The number of amides is 1. The largest absolute Gasteiger partial charge is 0.353 e. The molecule has 1 aliphatic rings. The van der Waals surface area contributed by atoms with Crippen molar-refractivity contribution in [1.29, 1.82) is 0 Å². The lowest BCUT2D eigenvalue weighted by Crippen LogP contribution is -2.44. The smallest absolute Gasteiger partial charge is 0.236 e. The van der Waals surface area contributed by atoms with Crippen LogP contribution in [-0.4, -0.2) is 32.2 Å². The van der Waals surface area contributed by atoms with Crippen molar-refractivity contribution in [3.8, 4) is 0 Å². The number of aryl methyl sites for hydroxylation is 1. The lowest BCUT2D eigenvalue weighted by molar-refractivity contribution is -0.119. The molecule has 0 radical (unpaired) electrons. The van der Waals surface area contributed by atoms with Crippen molar-refractivity contribution >= 4 is 31.9 Å². The molecule has 146 valence electrons. The summed E-state index contributed by atoms with van der Waals surface area (Å²) in [5.41, 5.74) is 1.19. The highest BCUT2D eigenvalue weighted by molar-refractivity contribution is 9.10. The van der Waals surface area contributed by atoms with E-state index in [4.69, 9.17) is 0 Å². The molecule has 0 aliphatic heterocycles. The number of hydrogen-bond acceptors (Lipinski definition) is 3. The zero-order valence-electron chi connectivity index (χ0n) is 15.5. The van der Waals surface area contributed by atoms with Crippen LogP contribution in [0.1, 0.15) is 51.5 Å². The summed E-state index contributed by atoms with van der Waals surface area (Å²) in [4.78, 5) is 12.1. The Kier molecular flexibility index (Phi) is 8.10. The topological polar surface area (TPSA) is 75.3 Å². The van der Waals surface area contributed by atoms with Gasteiger partial charge in [0.2, 0.25) is 15.9 Å². The summed E-state index contributed by atoms with van der Waals surface area (Å²) in [5.74, 6) is -0.280. The van der Waals surface area contributed by atoms with Gasteiger partial charge in [-0.3, -0.25) is 4.79 Å². The maximum absolute atomic E-state index is 12.2. The van der Waals surface area contributed by atoms with E-state index in [0.717, 1.165) is 43.0 Å². The van der Waals surface area contributed by atoms with Crippen LogP contribution < -0.4 is 10.0 Å². The Balaban J connectivity index is 1.73. The molecule has 7 heteroatoms. The normalized spacial score (nSPS) is 22.0. The van der Waals surface area contributed by atoms with Gasteiger partial charge in [0.15, 0.2) is 0 Å². The van der Waals surface area contributed by atoms with Crippen molar-refractivity contribution in [2.75, 3.05) is 5.75 Å². The molecule has 1 atom stereocenters. The molecule has 0 bridgehead atoms. The summed E-state index contributed by atoms with van der Waals surface area (Å²) in [6.45, 7) is 4.09. The summed E-state index contributed by atoms with van der Waals surface area (Å²) in [6, 6.07) is 7.96. The fraction of sp³-hybridized carbons (Fsp3) is 0.632. The molecule has 5 nitrogen and oxygen atoms in total. The van der Waals surface area contributed by atoms with E-state index in [-0.39, 0.29) is 12.1 Å². The lowest BCUT2D eigenvalue weighted by atomic mass is 9.88. The predicted molar refractivity (Wildman–Crippen MR) is 108 cm³/mol. The summed E-state index contributed by atoms with van der Waals surface area (Å²) in [5, 5.41) is 2.79. The number of carbonyl (C=O) groups is 1. The highest BCUT2D eigenvalue weighted by Crippen LogP contribution is 2.23. The Morgan fingerprint density at radius 2 is 1.81 bits per heavy atom. The van der Waals surface area contributed by atoms with Gasteiger partial charge in [0.25, 0.3) is 0 Å². The van der Waals surface area contributed by atoms with E-state index in [1.807, 2.05) is 31.2 Å². The maximum Gasteiger partial charge on any atom is 0.236 e. The molecule has 0 saturated heterocycles. The fourth-order valence-corrected chi connectivity index (χ4v) is 4.79. The van der Waals surface area contributed by atoms with Crippen LogP contribution in [-0.2, 0) is 21.2 Å². The van der Waals surface area contributed by atoms with E-state index in [1.165, 1.54) is 5.56 Å². The van der Waals surface area contributed by atoms with Gasteiger partial charge in [0.1, 0.15) is 5.75 Å². The first-order valence-electron chi connectivity index (χ1n) is 9.27. The molecule has 2 rings (SSSR count). The van der Waals surface area contributed by atoms with E-state index in [9.17, 15) is 13.2 Å². The quantitative estimate of drug-likeness (QED) is 0.644. The molecule has 0 heterocycles. The van der Waals surface area contributed by atoms with Crippen molar-refractivity contribution in [3.05, 3.63) is 34.3 Å². The minimum atomic E-state index is -3.58. The second-order valence-corrected chi connectivity index (χ2v) is 10.1. The Morgan fingerprint density at radius 3 is 2.42 bits per heavy atom. The molecule has 1 aliphatic carbocycles. The summed E-state index contributed by atoms with van der Waals surface area (Å²) < 4.78 is 28.1. The van der Waals surface area contributed by atoms with Gasteiger partial charge < -0.3 is 5.32 Å². The van der Waals surface area contributed by atoms with Gasteiger partial charge >= 0.3 is 0 Å². The first kappa shape index (κ1) is 21.4. The Bertz CT molecular complexity index is 683. The first-order valence-corrected chi connectivity index (χ1v) is 11.7. The van der Waals surface area contributed by atoms with E-state index in [0.29, 0.717) is 5.92 Å². The van der Waals surface area contributed by atoms with Crippen LogP contribution in [0.3, 0.4) is 0 Å². The molecule has 1 saturated carbocycles. The molecule has 1 fully saturated rings. The first-order chi connectivity index (χ1) is 12.2. The molecule has 1 aromatic rings. The van der Waals surface area contributed by atoms with Crippen molar-refractivity contribution in [2.45, 2.75) is 64.5 Å². The van der Waals surface area contributed by atoms with E-state index in [1.54, 1.807) is 0 Å². The van der Waals surface area contributed by atoms with Gasteiger partial charge in [-0.2, -0.15) is 0 Å². The molecule has 0 spiro atoms. The van der Waals surface area contributed by atoms with Gasteiger partial charge in [0.05, 0.1) is 0 Å². The molecule has 1 amide bonds. The van der Waals surface area contributed by atoms with E-state index in [2.05, 4.69) is 32.9 Å². The Labute approximate surface area is 165 Å². The number of halogens is 1. The van der Waals surface area contributed by atoms with Gasteiger partial charge in [-0.25, -0.2) is 13.1 Å². The zero-order valence-corrected chi connectivity index (χ0v) is 17.9. The van der Waals surface area contributed by atoms with Gasteiger partial charge in [-0.15, -0.1) is 0 Å². The average Bonchev–Trinajstić information content (AvgIpc) is 2.55. The minimum absolute atomic E-state index is 0.0289. The van der Waals surface area contributed by atoms with E-state index >= 15 is 0 Å². The van der Waals surface area contributed by atoms with Crippen LogP contribution >= 0.6 is 15.9 Å². The van der Waals surface area contributed by atoms with Gasteiger partial charge in [-0.1, -0.05) is 35.0 Å². The number of carbonyl (C=O) groups excluding carboxylic acids is 1. The molecular formula is C19H29BrN2O3S. The van der Waals surface area contributed by atoms with Crippen LogP contribution in [0.4, 0.5) is 0 Å². The van der Waals surface area contributed by atoms with Crippen molar-refractivity contribution < 1.29 is 13.2 Å². The Morgan fingerprint density at radius 1 is 1.19 bits per heavy atom. The summed E-state index contributed by atoms with van der Waals surface area (Å²) >= 11 is 3.40. The summed E-state index contributed by atoms with van der Waals surface area (Å²) in [6.07, 6.45) is 5.37. The third-order valence-electron chi connectivity index (χ3n) is 4.87. The standard InChI is InChI=1S/C19H29BrN2O3S/c1-14-3-11-18(12-4-14)22-26(24,25)13-19(23)21-15(2)5-6-16-7-9-17(20)10-8-16/h7-10,14-15,18,22H,3-6,11-13H2,1-2H3,(H,21,23)/t14?,15-,18?/m0/s1. The molecular weight excluding hydrogens is 416 g/mol. The Hall–Kier alpha value is -0.920. The van der Waals surface area contributed by atoms with Crippen molar-refractivity contribution in [1.82, 2.24) is 10.0 Å². The van der Waals surface area contributed by atoms with Gasteiger partial charge in [0, 0.05) is 16.6 Å². The monoisotopic (exact) mass is 444 g/mol. The highest BCUT2D eigenvalue weighted by atomic mass is 79.9. The number of benzene rings is 1. The predicted octanol–water partition coefficient (Wildman–Crippen LogP) is 3.38. The molecule has 1 aromatic carbocycles. The van der Waals surface area contributed by atoms with Crippen LogP contribution in [0, 0.1) is 5.92 Å². The molecule has 2 N–H and O–H groups in total. The number of rotatable bonds is 8. The van der Waals surface area contributed by atoms with Crippen LogP contribution in [0.5, 0.6) is 0 Å². The van der Waals surface area contributed by atoms with Crippen LogP contribution in [0.2, 0.25) is 0 Å². The number of nitrogens with one attached hydrogen (secondary N) is 2. The second kappa shape index (κ2) is 9.85. The minimum Gasteiger partial charge on any atom is -0.353 e. The van der Waals surface area contributed by atoms with Crippen LogP contribution in [0.25, 0.3) is 0 Å². The average molecular weight is 445 g/mol. The van der Waals surface area contributed by atoms with Crippen molar-refractivity contribution in [3.63, 3.8) is 0 Å². The highest BCUT2D eigenvalue weighted by Gasteiger charge is 2.25. The van der Waals surface area contributed by atoms with E-state index < -0.39 is 21.7 Å². The van der Waals surface area contributed by atoms with Crippen LogP contribution in [0.15, 0.2) is 28.7 Å². The van der Waals surface area contributed by atoms with Gasteiger partial charge in [-0.05, 0) is 69.1 Å². The fourth-order valence-electron chi connectivity index (χ4n) is 3.27. The molecule has 0 unspecified atom stereocenters. The molecule has 0 aromatic heterocycles. The maximum atomic E-state index is 12.2. The zero-order chi connectivity index (χ0) is 19.2. The third-order valence-corrected chi connectivity index (χ3v) is 6.73. The SMILES string of the molecule is CC1CCC(NS(=O)(=O)CC(=O)N[C@@H](C)CCc2ccc(Br)cc2)CC1. The number of hydrogen-bond donors (Lipinski definition) is 2. The summed E-state index contributed by atoms with van der Waals surface area (Å²) in [7, 11) is -3.58. The third kappa shape index (κ3) is 7.76. The number of sulfonamides is 1. The lowest BCUT2D eigenvalue weighted by Gasteiger charge is -2.26. The van der Waals surface area contributed by atoms with Crippen molar-refractivity contribution in [2.24, 2.45) is 5.92 Å².